The van der Waals surface area contributed by atoms with Crippen molar-refractivity contribution in [3.63, 3.8) is 0 Å². The molecule has 0 aliphatic heterocycles. The highest BCUT2D eigenvalue weighted by molar-refractivity contribution is 5.84. The van der Waals surface area contributed by atoms with E-state index in [0.717, 1.165) is 5.56 Å². The van der Waals surface area contributed by atoms with Gasteiger partial charge in [0.05, 0.1) is 6.07 Å². The molecule has 1 amide bonds. The van der Waals surface area contributed by atoms with Crippen molar-refractivity contribution >= 4 is 5.91 Å². The molecule has 0 bridgehead atoms. The third-order valence-electron chi connectivity index (χ3n) is 2.92. The summed E-state index contributed by atoms with van der Waals surface area (Å²) in [7, 11) is 1.71. The summed E-state index contributed by atoms with van der Waals surface area (Å²) >= 11 is 0. The lowest BCUT2D eigenvalue weighted by Gasteiger charge is -2.26. The molecule has 0 aliphatic carbocycles. The van der Waals surface area contributed by atoms with Crippen LogP contribution >= 0.6 is 0 Å². The third kappa shape index (κ3) is 3.04. The van der Waals surface area contributed by atoms with E-state index in [-0.39, 0.29) is 5.91 Å². The number of carbonyl (C=O) groups excluding carboxylic acids is 1. The minimum Gasteiger partial charge on any atom is -0.340 e. The molecule has 0 spiro atoms. The van der Waals surface area contributed by atoms with Gasteiger partial charge in [0.1, 0.15) is 5.41 Å². The molecule has 0 saturated heterocycles. The topological polar surface area (TPSA) is 57.0 Å². The van der Waals surface area contributed by atoms with Gasteiger partial charge in [-0.1, -0.05) is 13.0 Å². The quantitative estimate of drug-likeness (QED) is 0.796. The van der Waals surface area contributed by atoms with E-state index in [1.54, 1.807) is 31.3 Å². The van der Waals surface area contributed by atoms with Gasteiger partial charge in [-0.2, -0.15) is 5.26 Å². The molecule has 4 nitrogen and oxygen atoms in total. The summed E-state index contributed by atoms with van der Waals surface area (Å²) in [6.07, 6.45) is 3.93. The minimum atomic E-state index is -0.934. The number of hydrogen-bond acceptors (Lipinski definition) is 3. The number of carbonyl (C=O) groups is 1. The highest BCUT2D eigenvalue weighted by Crippen LogP contribution is 2.23. The van der Waals surface area contributed by atoms with Gasteiger partial charge in [0.25, 0.3) is 0 Å². The molecule has 0 aliphatic rings. The SMILES string of the molecule is CCC(C)(C#N)C(=O)N(C)Cc1cccnc1. The zero-order chi connectivity index (χ0) is 12.9. The number of pyridine rings is 1. The van der Waals surface area contributed by atoms with Crippen molar-refractivity contribution in [2.24, 2.45) is 5.41 Å². The Morgan fingerprint density at radius 2 is 2.35 bits per heavy atom. The molecule has 0 saturated carbocycles. The Labute approximate surface area is 102 Å². The molecule has 1 aromatic heterocycles. The highest BCUT2D eigenvalue weighted by Gasteiger charge is 2.33. The summed E-state index contributed by atoms with van der Waals surface area (Å²) in [4.78, 5) is 17.7. The Bertz CT molecular complexity index is 424. The first-order chi connectivity index (χ1) is 8.03. The predicted octanol–water partition coefficient (Wildman–Crippen LogP) is 1.98. The third-order valence-corrected chi connectivity index (χ3v) is 2.92. The molecular formula is C13H17N3O. The van der Waals surface area contributed by atoms with Crippen molar-refractivity contribution in [3.8, 4) is 6.07 Å². The summed E-state index contributed by atoms with van der Waals surface area (Å²) in [6, 6.07) is 5.83. The lowest BCUT2D eigenvalue weighted by molar-refractivity contribution is -0.137. The number of hydrogen-bond donors (Lipinski definition) is 0. The average Bonchev–Trinajstić information content (AvgIpc) is 2.38. The van der Waals surface area contributed by atoms with Gasteiger partial charge in [0.2, 0.25) is 5.91 Å². The maximum Gasteiger partial charge on any atom is 0.242 e. The van der Waals surface area contributed by atoms with Gasteiger partial charge < -0.3 is 4.90 Å². The Hall–Kier alpha value is -1.89. The number of aromatic nitrogens is 1. The zero-order valence-electron chi connectivity index (χ0n) is 10.5. The first-order valence-corrected chi connectivity index (χ1v) is 5.59. The summed E-state index contributed by atoms with van der Waals surface area (Å²) in [5.74, 6) is -0.147. The number of rotatable bonds is 4. The van der Waals surface area contributed by atoms with Gasteiger partial charge in [-0.15, -0.1) is 0 Å². The lowest BCUT2D eigenvalue weighted by atomic mass is 9.88. The van der Waals surface area contributed by atoms with Crippen LogP contribution in [-0.4, -0.2) is 22.8 Å². The van der Waals surface area contributed by atoms with E-state index in [0.29, 0.717) is 13.0 Å². The molecule has 1 rings (SSSR count). The van der Waals surface area contributed by atoms with Gasteiger partial charge in [-0.25, -0.2) is 0 Å². The maximum absolute atomic E-state index is 12.1. The first-order valence-electron chi connectivity index (χ1n) is 5.59. The van der Waals surface area contributed by atoms with Crippen molar-refractivity contribution in [1.29, 1.82) is 5.26 Å². The Morgan fingerprint density at radius 3 is 2.82 bits per heavy atom. The van der Waals surface area contributed by atoms with Crippen LogP contribution in [0.2, 0.25) is 0 Å². The zero-order valence-corrected chi connectivity index (χ0v) is 10.5. The van der Waals surface area contributed by atoms with Crippen LogP contribution in [0.1, 0.15) is 25.8 Å². The molecule has 4 heteroatoms. The van der Waals surface area contributed by atoms with Crippen molar-refractivity contribution in [2.45, 2.75) is 26.8 Å². The number of nitriles is 1. The van der Waals surface area contributed by atoms with E-state index in [2.05, 4.69) is 11.1 Å². The second-order valence-corrected chi connectivity index (χ2v) is 4.32. The average molecular weight is 231 g/mol. The van der Waals surface area contributed by atoms with Crippen LogP contribution in [0.3, 0.4) is 0 Å². The number of nitrogens with zero attached hydrogens (tertiary/aromatic N) is 3. The van der Waals surface area contributed by atoms with Crippen molar-refractivity contribution < 1.29 is 4.79 Å². The summed E-state index contributed by atoms with van der Waals surface area (Å²) in [5, 5.41) is 9.06. The fourth-order valence-corrected chi connectivity index (χ4v) is 1.54. The van der Waals surface area contributed by atoms with Crippen LogP contribution in [0.5, 0.6) is 0 Å². The van der Waals surface area contributed by atoms with Crippen LogP contribution < -0.4 is 0 Å². The maximum atomic E-state index is 12.1. The van der Waals surface area contributed by atoms with Crippen molar-refractivity contribution in [3.05, 3.63) is 30.1 Å². The fraction of sp³-hybridized carbons (Fsp3) is 0.462. The van der Waals surface area contributed by atoms with Crippen LogP contribution in [0.25, 0.3) is 0 Å². The second-order valence-electron chi connectivity index (χ2n) is 4.32. The molecule has 0 N–H and O–H groups in total. The van der Waals surface area contributed by atoms with E-state index < -0.39 is 5.41 Å². The second kappa shape index (κ2) is 5.44. The Kier molecular flexibility index (Phi) is 4.22. The van der Waals surface area contributed by atoms with Gasteiger partial charge >= 0.3 is 0 Å². The molecule has 90 valence electrons. The number of amides is 1. The predicted molar refractivity (Wildman–Crippen MR) is 64.7 cm³/mol. The standard InChI is InChI=1S/C13H17N3O/c1-4-13(2,10-14)12(17)16(3)9-11-6-5-7-15-8-11/h5-8H,4,9H2,1-3H3. The first kappa shape index (κ1) is 13.2. The van der Waals surface area contributed by atoms with Crippen LogP contribution in [0.15, 0.2) is 24.5 Å². The molecule has 0 aromatic carbocycles. The van der Waals surface area contributed by atoms with Crippen LogP contribution in [0.4, 0.5) is 0 Å². The molecule has 0 radical (unpaired) electrons. The molecule has 1 unspecified atom stereocenters. The van der Waals surface area contributed by atoms with E-state index >= 15 is 0 Å². The van der Waals surface area contributed by atoms with Gasteiger partial charge in [-0.3, -0.25) is 9.78 Å². The van der Waals surface area contributed by atoms with Crippen LogP contribution in [0, 0.1) is 16.7 Å². The fourth-order valence-electron chi connectivity index (χ4n) is 1.54. The summed E-state index contributed by atoms with van der Waals surface area (Å²) in [5.41, 5.74) is 0.0245. The molecule has 0 fully saturated rings. The van der Waals surface area contributed by atoms with E-state index in [4.69, 9.17) is 5.26 Å². The molecule has 1 atom stereocenters. The van der Waals surface area contributed by atoms with Crippen molar-refractivity contribution in [1.82, 2.24) is 9.88 Å². The minimum absolute atomic E-state index is 0.147. The van der Waals surface area contributed by atoms with Gasteiger partial charge in [-0.05, 0) is 25.0 Å². The van der Waals surface area contributed by atoms with Gasteiger partial charge in [0.15, 0.2) is 0 Å². The Balaban J connectivity index is 2.75. The largest absolute Gasteiger partial charge is 0.340 e. The molecule has 1 heterocycles. The van der Waals surface area contributed by atoms with E-state index in [1.807, 2.05) is 19.1 Å². The summed E-state index contributed by atoms with van der Waals surface area (Å²) < 4.78 is 0. The normalized spacial score (nSPS) is 13.5. The Morgan fingerprint density at radius 1 is 1.65 bits per heavy atom. The smallest absolute Gasteiger partial charge is 0.242 e. The molecular weight excluding hydrogens is 214 g/mol. The monoisotopic (exact) mass is 231 g/mol. The molecule has 1 aromatic rings. The van der Waals surface area contributed by atoms with E-state index in [9.17, 15) is 4.79 Å². The van der Waals surface area contributed by atoms with Gasteiger partial charge in [0, 0.05) is 26.0 Å². The molecule has 17 heavy (non-hydrogen) atoms. The van der Waals surface area contributed by atoms with Crippen LogP contribution in [-0.2, 0) is 11.3 Å². The van der Waals surface area contributed by atoms with Crippen molar-refractivity contribution in [2.75, 3.05) is 7.05 Å². The van der Waals surface area contributed by atoms with E-state index in [1.165, 1.54) is 0 Å². The highest BCUT2D eigenvalue weighted by atomic mass is 16.2. The lowest BCUT2D eigenvalue weighted by Crippen LogP contribution is -2.38. The summed E-state index contributed by atoms with van der Waals surface area (Å²) in [6.45, 7) is 4.00.